The molecule has 0 aliphatic carbocycles. The first-order valence-electron chi connectivity index (χ1n) is 6.67. The maximum absolute atomic E-state index is 11.8. The minimum Gasteiger partial charge on any atom is -0.374 e. The van der Waals surface area contributed by atoms with Gasteiger partial charge in [0.05, 0.1) is 6.04 Å². The summed E-state index contributed by atoms with van der Waals surface area (Å²) in [6.07, 6.45) is 2.78. The van der Waals surface area contributed by atoms with Crippen molar-refractivity contribution in [3.8, 4) is 0 Å². The summed E-state index contributed by atoms with van der Waals surface area (Å²) in [6, 6.07) is -0.464. The van der Waals surface area contributed by atoms with Crippen molar-refractivity contribution in [3.05, 3.63) is 0 Å². The lowest BCUT2D eigenvalue weighted by molar-refractivity contribution is -0.132. The summed E-state index contributed by atoms with van der Waals surface area (Å²) >= 11 is 0. The van der Waals surface area contributed by atoms with E-state index >= 15 is 0 Å². The number of primary amides is 1. The molecule has 2 atom stereocenters. The molecule has 108 valence electrons. The normalized spacial score (nSPS) is 22.2. The van der Waals surface area contributed by atoms with E-state index in [0.29, 0.717) is 13.0 Å². The maximum atomic E-state index is 11.8. The molecule has 0 bridgehead atoms. The Balaban J connectivity index is 2.40. The van der Waals surface area contributed by atoms with Gasteiger partial charge in [0.2, 0.25) is 11.8 Å². The fourth-order valence-electron chi connectivity index (χ4n) is 2.12. The van der Waals surface area contributed by atoms with Crippen LogP contribution in [0.25, 0.3) is 0 Å². The molecule has 0 aromatic carbocycles. The molecular weight excluding hydrogens is 248 g/mol. The predicted molar refractivity (Wildman–Crippen MR) is 69.2 cm³/mol. The number of hydrogen-bond acceptors (Lipinski definition) is 4. The second-order valence-corrected chi connectivity index (χ2v) is 5.11. The average molecular weight is 270 g/mol. The van der Waals surface area contributed by atoms with Gasteiger partial charge in [0.25, 0.3) is 0 Å². The van der Waals surface area contributed by atoms with Crippen LogP contribution in [-0.4, -0.2) is 36.9 Å². The highest BCUT2D eigenvalue weighted by Gasteiger charge is 2.22. The summed E-state index contributed by atoms with van der Waals surface area (Å²) in [4.78, 5) is 34.3. The first kappa shape index (κ1) is 15.6. The molecule has 6 heteroatoms. The number of hydrogen-bond donors (Lipinski definition) is 2. The average Bonchev–Trinajstić information content (AvgIpc) is 2.27. The Hall–Kier alpha value is -1.43. The third-order valence-corrected chi connectivity index (χ3v) is 3.08. The highest BCUT2D eigenvalue weighted by Crippen LogP contribution is 2.10. The van der Waals surface area contributed by atoms with Crippen molar-refractivity contribution in [2.75, 3.05) is 13.2 Å². The van der Waals surface area contributed by atoms with E-state index in [4.69, 9.17) is 10.5 Å². The Morgan fingerprint density at radius 3 is 2.84 bits per heavy atom. The predicted octanol–water partition coefficient (Wildman–Crippen LogP) is 0.142. The summed E-state index contributed by atoms with van der Waals surface area (Å²) in [5.41, 5.74) is 5.07. The van der Waals surface area contributed by atoms with Gasteiger partial charge < -0.3 is 15.8 Å². The Kier molecular flexibility index (Phi) is 6.49. The number of rotatable bonds is 5. The van der Waals surface area contributed by atoms with Crippen molar-refractivity contribution in [2.45, 2.75) is 45.1 Å². The third-order valence-electron chi connectivity index (χ3n) is 3.08. The number of carbonyl (C=O) groups excluding carboxylic acids is 3. The van der Waals surface area contributed by atoms with Gasteiger partial charge in [-0.1, -0.05) is 6.92 Å². The zero-order valence-corrected chi connectivity index (χ0v) is 11.3. The van der Waals surface area contributed by atoms with Crippen molar-refractivity contribution < 1.29 is 19.1 Å². The van der Waals surface area contributed by atoms with E-state index in [1.807, 2.05) is 0 Å². The number of nitrogens with one attached hydrogen (secondary N) is 1. The van der Waals surface area contributed by atoms with Gasteiger partial charge in [0.15, 0.2) is 5.78 Å². The molecule has 6 nitrogen and oxygen atoms in total. The molecule has 19 heavy (non-hydrogen) atoms. The summed E-state index contributed by atoms with van der Waals surface area (Å²) in [5.74, 6) is -0.837. The topological polar surface area (TPSA) is 98.5 Å². The SMILES string of the molecule is C[C@@H](CC(N)=O)CC(=O)N[C@H]1CCCCOCC1=O. The molecular formula is C13H22N2O4. The molecule has 0 radical (unpaired) electrons. The van der Waals surface area contributed by atoms with E-state index in [9.17, 15) is 14.4 Å². The van der Waals surface area contributed by atoms with Gasteiger partial charge in [-0.25, -0.2) is 0 Å². The van der Waals surface area contributed by atoms with Gasteiger partial charge >= 0.3 is 0 Å². The molecule has 1 saturated heterocycles. The molecule has 2 amide bonds. The van der Waals surface area contributed by atoms with Crippen LogP contribution in [0, 0.1) is 5.92 Å². The monoisotopic (exact) mass is 270 g/mol. The lowest BCUT2D eigenvalue weighted by atomic mass is 10.0. The van der Waals surface area contributed by atoms with Crippen molar-refractivity contribution in [1.82, 2.24) is 5.32 Å². The van der Waals surface area contributed by atoms with Crippen LogP contribution in [0.3, 0.4) is 0 Å². The summed E-state index contributed by atoms with van der Waals surface area (Å²) < 4.78 is 5.17. The van der Waals surface area contributed by atoms with Crippen LogP contribution in [0.4, 0.5) is 0 Å². The molecule has 1 aliphatic rings. The smallest absolute Gasteiger partial charge is 0.220 e. The third kappa shape index (κ3) is 6.33. The molecule has 1 aliphatic heterocycles. The van der Waals surface area contributed by atoms with Crippen molar-refractivity contribution in [2.24, 2.45) is 11.7 Å². The summed E-state index contributed by atoms with van der Waals surface area (Å²) in [7, 11) is 0. The van der Waals surface area contributed by atoms with Crippen LogP contribution in [0.2, 0.25) is 0 Å². The lowest BCUT2D eigenvalue weighted by Gasteiger charge is -2.21. The van der Waals surface area contributed by atoms with E-state index in [1.54, 1.807) is 6.92 Å². The number of carbonyl (C=O) groups is 3. The second-order valence-electron chi connectivity index (χ2n) is 5.11. The number of Topliss-reactive ketones (excluding diaryl/α,β-unsaturated/α-hetero) is 1. The van der Waals surface area contributed by atoms with Crippen molar-refractivity contribution >= 4 is 17.6 Å². The zero-order chi connectivity index (χ0) is 14.3. The molecule has 1 fully saturated rings. The summed E-state index contributed by atoms with van der Waals surface area (Å²) in [6.45, 7) is 2.44. The number of amides is 2. The van der Waals surface area contributed by atoms with E-state index in [1.165, 1.54) is 0 Å². The largest absolute Gasteiger partial charge is 0.374 e. The van der Waals surface area contributed by atoms with Crippen LogP contribution < -0.4 is 11.1 Å². The molecule has 1 heterocycles. The highest BCUT2D eigenvalue weighted by molar-refractivity contribution is 5.90. The maximum Gasteiger partial charge on any atom is 0.220 e. The van der Waals surface area contributed by atoms with Crippen LogP contribution in [0.5, 0.6) is 0 Å². The molecule has 0 saturated carbocycles. The van der Waals surface area contributed by atoms with E-state index in [-0.39, 0.29) is 37.1 Å². The van der Waals surface area contributed by atoms with Crippen LogP contribution in [0.15, 0.2) is 0 Å². The quantitative estimate of drug-likeness (QED) is 0.742. The van der Waals surface area contributed by atoms with Gasteiger partial charge in [0.1, 0.15) is 6.61 Å². The Labute approximate surface area is 113 Å². The first-order valence-corrected chi connectivity index (χ1v) is 6.67. The molecule has 0 unspecified atom stereocenters. The fourth-order valence-corrected chi connectivity index (χ4v) is 2.12. The number of nitrogens with two attached hydrogens (primary N) is 1. The molecule has 0 spiro atoms. The van der Waals surface area contributed by atoms with Crippen LogP contribution >= 0.6 is 0 Å². The lowest BCUT2D eigenvalue weighted by Crippen LogP contribution is -2.43. The minimum atomic E-state index is -0.464. The number of ether oxygens (including phenoxy) is 1. The van der Waals surface area contributed by atoms with Gasteiger partial charge in [-0.3, -0.25) is 14.4 Å². The second kappa shape index (κ2) is 7.89. The number of ketones is 1. The van der Waals surface area contributed by atoms with Gasteiger partial charge in [0, 0.05) is 19.4 Å². The first-order chi connectivity index (χ1) is 8.99. The molecule has 1 rings (SSSR count). The van der Waals surface area contributed by atoms with Gasteiger partial charge in [-0.15, -0.1) is 0 Å². The van der Waals surface area contributed by atoms with Crippen molar-refractivity contribution in [1.29, 1.82) is 0 Å². The summed E-state index contributed by atoms with van der Waals surface area (Å²) in [5, 5.41) is 2.72. The standard InChI is InChI=1S/C13H22N2O4/c1-9(6-12(14)17)7-13(18)15-10-4-2-3-5-19-8-11(10)16/h9-10H,2-8H2,1H3,(H2,14,17)(H,15,18)/t9-,10-/m0/s1. The Bertz CT molecular complexity index is 344. The van der Waals surface area contributed by atoms with E-state index in [0.717, 1.165) is 12.8 Å². The van der Waals surface area contributed by atoms with Crippen LogP contribution in [0.1, 0.15) is 39.0 Å². The van der Waals surface area contributed by atoms with E-state index < -0.39 is 11.9 Å². The highest BCUT2D eigenvalue weighted by atomic mass is 16.5. The Morgan fingerprint density at radius 2 is 2.16 bits per heavy atom. The van der Waals surface area contributed by atoms with Gasteiger partial charge in [-0.2, -0.15) is 0 Å². The van der Waals surface area contributed by atoms with Crippen molar-refractivity contribution in [3.63, 3.8) is 0 Å². The fraction of sp³-hybridized carbons (Fsp3) is 0.769. The Morgan fingerprint density at radius 1 is 1.42 bits per heavy atom. The van der Waals surface area contributed by atoms with E-state index in [2.05, 4.69) is 5.32 Å². The molecule has 0 aromatic rings. The van der Waals surface area contributed by atoms with Gasteiger partial charge in [-0.05, 0) is 25.2 Å². The minimum absolute atomic E-state index is 0.0573. The zero-order valence-electron chi connectivity index (χ0n) is 11.3. The van der Waals surface area contributed by atoms with Crippen LogP contribution in [-0.2, 0) is 19.1 Å². The molecule has 0 aromatic heterocycles. The molecule has 3 N–H and O–H groups in total.